The normalized spacial score (nSPS) is 12.3. The van der Waals surface area contributed by atoms with Crippen LogP contribution in [0.25, 0.3) is 22.0 Å². The van der Waals surface area contributed by atoms with Crippen molar-refractivity contribution in [2.45, 2.75) is 18.6 Å². The van der Waals surface area contributed by atoms with E-state index in [0.29, 0.717) is 11.1 Å². The number of pyridine rings is 1. The zero-order valence-electron chi connectivity index (χ0n) is 14.4. The summed E-state index contributed by atoms with van der Waals surface area (Å²) in [6.07, 6.45) is 3.74. The molecule has 0 saturated heterocycles. The van der Waals surface area contributed by atoms with Crippen molar-refractivity contribution in [1.29, 1.82) is 0 Å². The van der Waals surface area contributed by atoms with Gasteiger partial charge in [-0.3, -0.25) is 9.78 Å². The Balaban J connectivity index is 2.36. The van der Waals surface area contributed by atoms with Crippen LogP contribution in [0.2, 0.25) is 0 Å². The molecule has 5 heteroatoms. The quantitative estimate of drug-likeness (QED) is 0.665. The molecule has 0 N–H and O–H groups in total. The average Bonchev–Trinajstić information content (AvgIpc) is 2.59. The van der Waals surface area contributed by atoms with Crippen molar-refractivity contribution in [2.24, 2.45) is 0 Å². The van der Waals surface area contributed by atoms with E-state index in [2.05, 4.69) is 4.98 Å². The highest BCUT2D eigenvalue weighted by atomic mass is 32.2. The molecule has 0 saturated carbocycles. The first-order valence-electron chi connectivity index (χ1n) is 7.88. The number of carbonyl (C=O) groups is 1. The fraction of sp³-hybridized carbons (Fsp3) is 0.200. The molecule has 0 aliphatic heterocycles. The number of aldehydes is 1. The second kappa shape index (κ2) is 6.08. The lowest BCUT2D eigenvalue weighted by molar-refractivity contribution is 0.112. The van der Waals surface area contributed by atoms with Gasteiger partial charge in [-0.15, -0.1) is 0 Å². The van der Waals surface area contributed by atoms with Crippen LogP contribution >= 0.6 is 0 Å². The Hall–Kier alpha value is -2.53. The fourth-order valence-corrected chi connectivity index (χ4v) is 3.30. The van der Waals surface area contributed by atoms with E-state index in [4.69, 9.17) is 0 Å². The van der Waals surface area contributed by atoms with Gasteiger partial charge in [-0.1, -0.05) is 24.3 Å². The Kier molecular flexibility index (Phi) is 4.21. The Morgan fingerprint density at radius 3 is 2.48 bits per heavy atom. The first-order chi connectivity index (χ1) is 11.7. The molecule has 3 rings (SSSR count). The van der Waals surface area contributed by atoms with Crippen LogP contribution in [0.1, 0.15) is 29.8 Å². The van der Waals surface area contributed by atoms with Gasteiger partial charge in [0.25, 0.3) is 0 Å². The molecule has 0 fully saturated rings. The Labute approximate surface area is 147 Å². The minimum absolute atomic E-state index is 0.564. The van der Waals surface area contributed by atoms with Crippen LogP contribution < -0.4 is 0 Å². The summed E-state index contributed by atoms with van der Waals surface area (Å²) in [4.78, 5) is 15.6. The lowest BCUT2D eigenvalue weighted by Gasteiger charge is -2.24. The van der Waals surface area contributed by atoms with E-state index in [1.54, 1.807) is 32.2 Å². The van der Waals surface area contributed by atoms with Crippen LogP contribution in [0.15, 0.2) is 54.7 Å². The summed E-state index contributed by atoms with van der Waals surface area (Å²) >= 11 is 0. The third-order valence-corrected chi connectivity index (χ3v) is 6.75. The molecule has 1 heterocycles. The summed E-state index contributed by atoms with van der Waals surface area (Å²) in [5, 5.41) is 0.864. The highest BCUT2D eigenvalue weighted by Crippen LogP contribution is 2.36. The number of rotatable bonds is 4. The lowest BCUT2D eigenvalue weighted by atomic mass is 9.93. The van der Waals surface area contributed by atoms with Crippen molar-refractivity contribution < 1.29 is 13.2 Å². The predicted octanol–water partition coefficient (Wildman–Crippen LogP) is 3.99. The molecule has 25 heavy (non-hydrogen) atoms. The van der Waals surface area contributed by atoms with Gasteiger partial charge in [0, 0.05) is 29.0 Å². The van der Waals surface area contributed by atoms with Gasteiger partial charge in [0.1, 0.15) is 6.29 Å². The third kappa shape index (κ3) is 3.07. The molecular formula is C20H19NO3S. The van der Waals surface area contributed by atoms with E-state index in [1.165, 1.54) is 6.26 Å². The Morgan fingerprint density at radius 2 is 1.80 bits per heavy atom. The molecule has 0 radical (unpaired) electrons. The van der Waals surface area contributed by atoms with E-state index in [9.17, 15) is 13.2 Å². The van der Waals surface area contributed by atoms with Crippen LogP contribution in [-0.2, 0) is 14.6 Å². The summed E-state index contributed by atoms with van der Waals surface area (Å²) in [7, 11) is -3.31. The molecule has 0 spiro atoms. The number of benzene rings is 2. The smallest absolute Gasteiger partial charge is 0.156 e. The number of hydrogen-bond donors (Lipinski definition) is 0. The second-order valence-electron chi connectivity index (χ2n) is 6.62. The Morgan fingerprint density at radius 1 is 1.04 bits per heavy atom. The van der Waals surface area contributed by atoms with Gasteiger partial charge in [0.05, 0.1) is 10.3 Å². The molecule has 4 nitrogen and oxygen atoms in total. The second-order valence-corrected chi connectivity index (χ2v) is 9.19. The molecule has 0 aliphatic carbocycles. The summed E-state index contributed by atoms with van der Waals surface area (Å²) in [5.74, 6) is 0. The van der Waals surface area contributed by atoms with Crippen molar-refractivity contribution in [3.05, 3.63) is 65.9 Å². The van der Waals surface area contributed by atoms with Crippen LogP contribution in [-0.4, -0.2) is 25.9 Å². The van der Waals surface area contributed by atoms with E-state index in [-0.39, 0.29) is 0 Å². The van der Waals surface area contributed by atoms with E-state index in [0.717, 1.165) is 28.3 Å². The molecule has 2 aromatic carbocycles. The SMILES string of the molecule is CC(C)(c1cc(-c2cccc(C=O)c2)c2ncccc2c1)S(C)(=O)=O. The molecule has 0 unspecified atom stereocenters. The van der Waals surface area contributed by atoms with Gasteiger partial charge in [-0.25, -0.2) is 8.42 Å². The summed E-state index contributed by atoms with van der Waals surface area (Å²) in [5.41, 5.74) is 3.68. The summed E-state index contributed by atoms with van der Waals surface area (Å²) in [6.45, 7) is 3.40. The maximum absolute atomic E-state index is 12.3. The van der Waals surface area contributed by atoms with Crippen LogP contribution in [0.3, 0.4) is 0 Å². The zero-order valence-corrected chi connectivity index (χ0v) is 15.2. The number of hydrogen-bond acceptors (Lipinski definition) is 4. The largest absolute Gasteiger partial charge is 0.298 e. The first-order valence-corrected chi connectivity index (χ1v) is 9.77. The first kappa shape index (κ1) is 17.3. The number of nitrogens with zero attached hydrogens (tertiary/aromatic N) is 1. The highest BCUT2D eigenvalue weighted by Gasteiger charge is 2.33. The molecular weight excluding hydrogens is 334 g/mol. The van der Waals surface area contributed by atoms with Crippen molar-refractivity contribution in [2.75, 3.05) is 6.26 Å². The minimum atomic E-state index is -3.31. The van der Waals surface area contributed by atoms with Crippen LogP contribution in [0.5, 0.6) is 0 Å². The fourth-order valence-electron chi connectivity index (χ4n) is 2.75. The standard InChI is InChI=1S/C20H19NO3S/c1-20(2,25(3,23)24)17-11-16-8-5-9-21-19(16)18(12-17)15-7-4-6-14(10-15)13-22/h4-13H,1-3H3. The average molecular weight is 353 g/mol. The number of carbonyl (C=O) groups excluding carboxylic acids is 1. The van der Waals surface area contributed by atoms with Crippen molar-refractivity contribution in [3.63, 3.8) is 0 Å². The molecule has 0 amide bonds. The van der Waals surface area contributed by atoms with E-state index < -0.39 is 14.6 Å². The zero-order chi connectivity index (χ0) is 18.2. The molecule has 0 bridgehead atoms. The third-order valence-electron chi connectivity index (χ3n) is 4.66. The highest BCUT2D eigenvalue weighted by molar-refractivity contribution is 7.91. The van der Waals surface area contributed by atoms with Crippen LogP contribution in [0.4, 0.5) is 0 Å². The monoisotopic (exact) mass is 353 g/mol. The molecule has 128 valence electrons. The number of sulfone groups is 1. The van der Waals surface area contributed by atoms with Gasteiger partial charge in [0.15, 0.2) is 9.84 Å². The van der Waals surface area contributed by atoms with Gasteiger partial charge in [0.2, 0.25) is 0 Å². The van der Waals surface area contributed by atoms with Gasteiger partial charge >= 0.3 is 0 Å². The van der Waals surface area contributed by atoms with E-state index >= 15 is 0 Å². The van der Waals surface area contributed by atoms with Crippen molar-refractivity contribution in [1.82, 2.24) is 4.98 Å². The Bertz CT molecular complexity index is 1070. The molecule has 0 aliphatic rings. The van der Waals surface area contributed by atoms with Crippen molar-refractivity contribution in [3.8, 4) is 11.1 Å². The number of fused-ring (bicyclic) bond motifs is 1. The van der Waals surface area contributed by atoms with Crippen molar-refractivity contribution >= 4 is 27.0 Å². The topological polar surface area (TPSA) is 64.1 Å². The lowest BCUT2D eigenvalue weighted by Crippen LogP contribution is -2.28. The molecule has 3 aromatic rings. The predicted molar refractivity (Wildman–Crippen MR) is 100 cm³/mol. The van der Waals surface area contributed by atoms with Gasteiger partial charge < -0.3 is 0 Å². The minimum Gasteiger partial charge on any atom is -0.298 e. The number of aromatic nitrogens is 1. The molecule has 0 atom stereocenters. The maximum Gasteiger partial charge on any atom is 0.156 e. The summed E-state index contributed by atoms with van der Waals surface area (Å²) in [6, 6.07) is 14.7. The molecule has 1 aromatic heterocycles. The van der Waals surface area contributed by atoms with E-state index in [1.807, 2.05) is 36.4 Å². The maximum atomic E-state index is 12.3. The summed E-state index contributed by atoms with van der Waals surface area (Å²) < 4.78 is 23.5. The van der Waals surface area contributed by atoms with Gasteiger partial charge in [-0.05, 0) is 49.2 Å². The van der Waals surface area contributed by atoms with Crippen LogP contribution in [0, 0.1) is 0 Å². The van der Waals surface area contributed by atoms with Gasteiger partial charge in [-0.2, -0.15) is 0 Å².